The van der Waals surface area contributed by atoms with Gasteiger partial charge in [-0.25, -0.2) is 9.97 Å². The molecule has 0 amide bonds. The molecule has 1 aromatic carbocycles. The zero-order valence-electron chi connectivity index (χ0n) is 13.3. The first-order chi connectivity index (χ1) is 12.2. The second-order valence-electron chi connectivity index (χ2n) is 5.96. The lowest BCUT2D eigenvalue weighted by Gasteiger charge is -1.96. The van der Waals surface area contributed by atoms with Crippen LogP contribution in [0.4, 0.5) is 0 Å². The van der Waals surface area contributed by atoms with Crippen LogP contribution in [-0.4, -0.2) is 19.5 Å². The summed E-state index contributed by atoms with van der Waals surface area (Å²) in [4.78, 5) is 12.7. The van der Waals surface area contributed by atoms with Crippen molar-refractivity contribution in [1.82, 2.24) is 19.5 Å². The Labute approximate surface area is 156 Å². The van der Waals surface area contributed by atoms with Crippen molar-refractivity contribution in [3.8, 4) is 21.8 Å². The van der Waals surface area contributed by atoms with Crippen molar-refractivity contribution in [3.05, 3.63) is 58.8 Å². The molecule has 0 saturated carbocycles. The highest BCUT2D eigenvalue weighted by Crippen LogP contribution is 2.36. The van der Waals surface area contributed by atoms with Crippen LogP contribution in [0.5, 0.6) is 0 Å². The minimum absolute atomic E-state index is 0.975. The standard InChI is InChI=1S/C19H13BrN4S/c1-24-9-15(12-3-2-6-21-18(12)24)17-10-25-19(23-17)14-8-22-16-5-4-11(20)7-13(14)16/h2-10,22H,1H3. The lowest BCUT2D eigenvalue weighted by atomic mass is 10.1. The van der Waals surface area contributed by atoms with Crippen LogP contribution in [-0.2, 0) is 7.05 Å². The van der Waals surface area contributed by atoms with Crippen molar-refractivity contribution in [2.75, 3.05) is 0 Å². The number of aryl methyl sites for hydroxylation is 1. The third-order valence-corrected chi connectivity index (χ3v) is 5.76. The molecule has 0 aliphatic carbocycles. The summed E-state index contributed by atoms with van der Waals surface area (Å²) in [5.74, 6) is 0. The SMILES string of the molecule is Cn1cc(-c2csc(-c3c[nH]c4ccc(Br)cc34)n2)c2cccnc21. The summed E-state index contributed by atoms with van der Waals surface area (Å²) in [6.45, 7) is 0. The van der Waals surface area contributed by atoms with Gasteiger partial charge in [-0.2, -0.15) is 0 Å². The van der Waals surface area contributed by atoms with Crippen molar-refractivity contribution in [2.24, 2.45) is 7.05 Å². The summed E-state index contributed by atoms with van der Waals surface area (Å²) < 4.78 is 3.12. The molecule has 5 rings (SSSR count). The van der Waals surface area contributed by atoms with E-state index in [1.807, 2.05) is 36.1 Å². The molecule has 0 fully saturated rings. The molecule has 0 spiro atoms. The van der Waals surface area contributed by atoms with Crippen LogP contribution in [0.3, 0.4) is 0 Å². The van der Waals surface area contributed by atoms with Crippen LogP contribution in [0.25, 0.3) is 43.8 Å². The van der Waals surface area contributed by atoms with Gasteiger partial charge in [0, 0.05) is 62.9 Å². The molecule has 122 valence electrons. The van der Waals surface area contributed by atoms with Gasteiger partial charge >= 0.3 is 0 Å². The summed E-state index contributed by atoms with van der Waals surface area (Å²) in [6, 6.07) is 10.3. The molecule has 1 N–H and O–H groups in total. The van der Waals surface area contributed by atoms with Gasteiger partial charge in [0.15, 0.2) is 0 Å². The molecule has 0 bridgehead atoms. The van der Waals surface area contributed by atoms with Crippen molar-refractivity contribution in [3.63, 3.8) is 0 Å². The Morgan fingerprint density at radius 3 is 3.00 bits per heavy atom. The summed E-state index contributed by atoms with van der Waals surface area (Å²) in [6.07, 6.45) is 5.95. The van der Waals surface area contributed by atoms with Gasteiger partial charge in [0.2, 0.25) is 0 Å². The summed E-state index contributed by atoms with van der Waals surface area (Å²) >= 11 is 5.22. The van der Waals surface area contributed by atoms with Gasteiger partial charge in [-0.15, -0.1) is 11.3 Å². The monoisotopic (exact) mass is 408 g/mol. The topological polar surface area (TPSA) is 46.5 Å². The third kappa shape index (κ3) is 2.33. The fourth-order valence-corrected chi connectivity index (χ4v) is 4.42. The molecule has 4 aromatic heterocycles. The van der Waals surface area contributed by atoms with E-state index in [4.69, 9.17) is 4.98 Å². The van der Waals surface area contributed by atoms with E-state index in [9.17, 15) is 0 Å². The predicted octanol–water partition coefficient (Wildman–Crippen LogP) is 5.61. The number of hydrogen-bond donors (Lipinski definition) is 1. The van der Waals surface area contributed by atoms with Crippen LogP contribution in [0.2, 0.25) is 0 Å². The Kier molecular flexibility index (Phi) is 3.29. The largest absolute Gasteiger partial charge is 0.360 e. The number of rotatable bonds is 2. The zero-order valence-corrected chi connectivity index (χ0v) is 15.7. The predicted molar refractivity (Wildman–Crippen MR) is 107 cm³/mol. The number of hydrogen-bond acceptors (Lipinski definition) is 3. The highest BCUT2D eigenvalue weighted by molar-refractivity contribution is 9.10. The summed E-state index contributed by atoms with van der Waals surface area (Å²) in [5.41, 5.74) is 5.33. The second-order valence-corrected chi connectivity index (χ2v) is 7.73. The quantitative estimate of drug-likeness (QED) is 0.412. The zero-order chi connectivity index (χ0) is 17.0. The fourth-order valence-electron chi connectivity index (χ4n) is 3.21. The Balaban J connectivity index is 1.67. The minimum atomic E-state index is 0.975. The third-order valence-electron chi connectivity index (χ3n) is 4.39. The maximum absolute atomic E-state index is 4.91. The molecule has 0 atom stereocenters. The first-order valence-corrected chi connectivity index (χ1v) is 9.51. The second kappa shape index (κ2) is 5.54. The Morgan fingerprint density at radius 2 is 2.08 bits per heavy atom. The van der Waals surface area contributed by atoms with E-state index in [2.05, 4.69) is 55.7 Å². The molecule has 25 heavy (non-hydrogen) atoms. The highest BCUT2D eigenvalue weighted by atomic mass is 79.9. The van der Waals surface area contributed by atoms with Gasteiger partial charge < -0.3 is 9.55 Å². The van der Waals surface area contributed by atoms with E-state index in [1.54, 1.807) is 11.3 Å². The molecule has 0 radical (unpaired) electrons. The number of pyridine rings is 1. The van der Waals surface area contributed by atoms with Crippen LogP contribution in [0.15, 0.2) is 58.8 Å². The molecule has 0 saturated heterocycles. The Morgan fingerprint density at radius 1 is 1.16 bits per heavy atom. The average molecular weight is 409 g/mol. The lowest BCUT2D eigenvalue weighted by Crippen LogP contribution is -1.85. The molecule has 4 heterocycles. The first kappa shape index (κ1) is 14.9. The first-order valence-electron chi connectivity index (χ1n) is 7.83. The summed E-state index contributed by atoms with van der Waals surface area (Å²) in [5, 5.41) is 5.44. The average Bonchev–Trinajstić information content (AvgIpc) is 3.32. The molecule has 6 heteroatoms. The number of fused-ring (bicyclic) bond motifs is 2. The maximum Gasteiger partial charge on any atom is 0.140 e. The van der Waals surface area contributed by atoms with Gasteiger partial charge in [0.1, 0.15) is 10.7 Å². The van der Waals surface area contributed by atoms with E-state index in [0.29, 0.717) is 0 Å². The summed E-state index contributed by atoms with van der Waals surface area (Å²) in [7, 11) is 2.02. The van der Waals surface area contributed by atoms with E-state index >= 15 is 0 Å². The molecule has 0 unspecified atom stereocenters. The van der Waals surface area contributed by atoms with Gasteiger partial charge in [-0.3, -0.25) is 0 Å². The molecule has 4 nitrogen and oxygen atoms in total. The van der Waals surface area contributed by atoms with Crippen LogP contribution < -0.4 is 0 Å². The maximum atomic E-state index is 4.91. The molecule has 5 aromatic rings. The number of nitrogens with one attached hydrogen (secondary N) is 1. The molecule has 0 aliphatic rings. The Bertz CT molecular complexity index is 1230. The van der Waals surface area contributed by atoms with E-state index in [1.165, 1.54) is 5.39 Å². The van der Waals surface area contributed by atoms with Crippen molar-refractivity contribution >= 4 is 49.2 Å². The Hall–Kier alpha value is -2.44. The number of benzene rings is 1. The van der Waals surface area contributed by atoms with Crippen LogP contribution >= 0.6 is 27.3 Å². The smallest absolute Gasteiger partial charge is 0.140 e. The number of thiazole rings is 1. The highest BCUT2D eigenvalue weighted by Gasteiger charge is 2.15. The van der Waals surface area contributed by atoms with Gasteiger partial charge in [-0.05, 0) is 30.3 Å². The van der Waals surface area contributed by atoms with Crippen molar-refractivity contribution in [2.45, 2.75) is 0 Å². The van der Waals surface area contributed by atoms with Crippen LogP contribution in [0, 0.1) is 0 Å². The lowest BCUT2D eigenvalue weighted by molar-refractivity contribution is 0.949. The number of nitrogens with zero attached hydrogens (tertiary/aromatic N) is 3. The van der Waals surface area contributed by atoms with Gasteiger partial charge in [0.05, 0.1) is 5.69 Å². The molecule has 0 aliphatic heterocycles. The van der Waals surface area contributed by atoms with E-state index in [-0.39, 0.29) is 0 Å². The van der Waals surface area contributed by atoms with E-state index in [0.717, 1.165) is 42.9 Å². The fraction of sp³-hybridized carbons (Fsp3) is 0.0526. The molecular weight excluding hydrogens is 396 g/mol. The van der Waals surface area contributed by atoms with Gasteiger partial charge in [0.25, 0.3) is 0 Å². The number of aromatic amines is 1. The van der Waals surface area contributed by atoms with Crippen molar-refractivity contribution < 1.29 is 0 Å². The van der Waals surface area contributed by atoms with Crippen molar-refractivity contribution in [1.29, 1.82) is 0 Å². The number of halogens is 1. The van der Waals surface area contributed by atoms with E-state index < -0.39 is 0 Å². The van der Waals surface area contributed by atoms with Crippen LogP contribution in [0.1, 0.15) is 0 Å². The minimum Gasteiger partial charge on any atom is -0.360 e. The number of aromatic nitrogens is 4. The number of H-pyrrole nitrogens is 1. The normalized spacial score (nSPS) is 11.6. The molecular formula is C19H13BrN4S. The van der Waals surface area contributed by atoms with Gasteiger partial charge in [-0.1, -0.05) is 15.9 Å².